The Morgan fingerprint density at radius 2 is 2.06 bits per heavy atom. The number of hydrogen-bond acceptors (Lipinski definition) is 2. The number of likely N-dealkylation sites (tertiary alicyclic amines) is 1. The van der Waals surface area contributed by atoms with E-state index in [4.69, 9.17) is 0 Å². The van der Waals surface area contributed by atoms with E-state index < -0.39 is 0 Å². The predicted octanol–water partition coefficient (Wildman–Crippen LogP) is 1.89. The molecule has 0 bridgehead atoms. The van der Waals surface area contributed by atoms with Crippen LogP contribution in [0.2, 0.25) is 0 Å². The highest BCUT2D eigenvalue weighted by molar-refractivity contribution is 5.72. The molecule has 0 spiro atoms. The first-order chi connectivity index (χ1) is 8.65. The molecule has 0 radical (unpaired) electrons. The van der Waals surface area contributed by atoms with E-state index >= 15 is 0 Å². The molecular weight excluding hydrogens is 224 g/mol. The van der Waals surface area contributed by atoms with E-state index in [9.17, 15) is 4.79 Å². The van der Waals surface area contributed by atoms with E-state index in [1.54, 1.807) is 6.92 Å². The Morgan fingerprint density at radius 3 is 2.72 bits per heavy atom. The molecule has 0 aliphatic carbocycles. The van der Waals surface area contributed by atoms with Gasteiger partial charge in [-0.2, -0.15) is 0 Å². The number of benzene rings is 1. The molecule has 1 aromatic carbocycles. The molecule has 1 aliphatic heterocycles. The van der Waals surface area contributed by atoms with E-state index in [-0.39, 0.29) is 5.91 Å². The van der Waals surface area contributed by atoms with Crippen molar-refractivity contribution in [2.45, 2.75) is 20.4 Å². The second kappa shape index (κ2) is 6.01. The van der Waals surface area contributed by atoms with Gasteiger partial charge in [-0.15, -0.1) is 0 Å². The molecule has 2 rings (SSSR count). The molecule has 98 valence electrons. The van der Waals surface area contributed by atoms with Gasteiger partial charge in [0.1, 0.15) is 0 Å². The van der Waals surface area contributed by atoms with Gasteiger partial charge in [-0.25, -0.2) is 0 Å². The summed E-state index contributed by atoms with van der Waals surface area (Å²) in [6, 6.07) is 10.6. The lowest BCUT2D eigenvalue weighted by Crippen LogP contribution is -2.30. The molecule has 2 atom stereocenters. The average Bonchev–Trinajstić information content (AvgIpc) is 2.68. The normalized spacial score (nSPS) is 24.1. The van der Waals surface area contributed by atoms with Crippen molar-refractivity contribution in [2.75, 3.05) is 19.6 Å². The number of carbonyl (C=O) groups is 1. The van der Waals surface area contributed by atoms with Crippen LogP contribution >= 0.6 is 0 Å². The van der Waals surface area contributed by atoms with Gasteiger partial charge in [-0.1, -0.05) is 37.3 Å². The topological polar surface area (TPSA) is 32.3 Å². The van der Waals surface area contributed by atoms with Crippen molar-refractivity contribution in [3.63, 3.8) is 0 Å². The van der Waals surface area contributed by atoms with E-state index in [1.165, 1.54) is 5.56 Å². The molecule has 3 nitrogen and oxygen atoms in total. The number of rotatable bonds is 4. The monoisotopic (exact) mass is 246 g/mol. The molecule has 18 heavy (non-hydrogen) atoms. The van der Waals surface area contributed by atoms with Crippen LogP contribution in [0.4, 0.5) is 0 Å². The third kappa shape index (κ3) is 3.57. The van der Waals surface area contributed by atoms with Gasteiger partial charge in [0.25, 0.3) is 0 Å². The first-order valence-corrected chi connectivity index (χ1v) is 6.66. The van der Waals surface area contributed by atoms with Crippen LogP contribution in [0.15, 0.2) is 30.3 Å². The number of nitrogens with one attached hydrogen (secondary N) is 1. The van der Waals surface area contributed by atoms with Gasteiger partial charge in [0.15, 0.2) is 0 Å². The molecule has 1 N–H and O–H groups in total. The van der Waals surface area contributed by atoms with E-state index in [0.29, 0.717) is 11.8 Å². The number of amides is 1. The van der Waals surface area contributed by atoms with E-state index in [1.807, 2.05) is 0 Å². The Morgan fingerprint density at radius 1 is 1.33 bits per heavy atom. The summed E-state index contributed by atoms with van der Waals surface area (Å²) < 4.78 is 0. The molecule has 1 aromatic rings. The SMILES string of the molecule is CC(=O)NC[C@@H]1CN(Cc2ccccc2)C[C@@H]1C. The standard InChI is InChI=1S/C15H22N2O/c1-12-9-17(10-14-6-4-3-5-7-14)11-15(12)8-16-13(2)18/h3-7,12,15H,8-11H2,1-2H3,(H,16,18)/t12-,15+/m0/s1. The van der Waals surface area contributed by atoms with E-state index in [0.717, 1.165) is 26.2 Å². The summed E-state index contributed by atoms with van der Waals surface area (Å²) in [5, 5.41) is 2.94. The van der Waals surface area contributed by atoms with Crippen LogP contribution in [-0.4, -0.2) is 30.4 Å². The maximum absolute atomic E-state index is 11.0. The molecule has 1 amide bonds. The van der Waals surface area contributed by atoms with Crippen LogP contribution < -0.4 is 5.32 Å². The maximum atomic E-state index is 11.0. The van der Waals surface area contributed by atoms with Gasteiger partial charge in [-0.05, 0) is 17.4 Å². The third-order valence-electron chi connectivity index (χ3n) is 3.71. The summed E-state index contributed by atoms with van der Waals surface area (Å²) in [7, 11) is 0. The fraction of sp³-hybridized carbons (Fsp3) is 0.533. The van der Waals surface area contributed by atoms with Gasteiger partial charge in [0.2, 0.25) is 5.91 Å². The summed E-state index contributed by atoms with van der Waals surface area (Å²) in [5.41, 5.74) is 1.37. The second-order valence-corrected chi connectivity index (χ2v) is 5.35. The predicted molar refractivity (Wildman–Crippen MR) is 73.1 cm³/mol. The van der Waals surface area contributed by atoms with Crippen molar-refractivity contribution < 1.29 is 4.79 Å². The Hall–Kier alpha value is -1.35. The minimum atomic E-state index is 0.0729. The Bertz CT molecular complexity index is 391. The van der Waals surface area contributed by atoms with Gasteiger partial charge in [0, 0.05) is 33.1 Å². The summed E-state index contributed by atoms with van der Waals surface area (Å²) in [4.78, 5) is 13.4. The molecule has 1 heterocycles. The van der Waals surface area contributed by atoms with Crippen LogP contribution in [0.3, 0.4) is 0 Å². The largest absolute Gasteiger partial charge is 0.356 e. The molecule has 0 unspecified atom stereocenters. The molecule has 0 saturated carbocycles. The second-order valence-electron chi connectivity index (χ2n) is 5.35. The lowest BCUT2D eigenvalue weighted by molar-refractivity contribution is -0.119. The fourth-order valence-electron chi connectivity index (χ4n) is 2.65. The van der Waals surface area contributed by atoms with Crippen LogP contribution in [0.25, 0.3) is 0 Å². The minimum absolute atomic E-state index is 0.0729. The van der Waals surface area contributed by atoms with Crippen molar-refractivity contribution in [2.24, 2.45) is 11.8 Å². The summed E-state index contributed by atoms with van der Waals surface area (Å²) >= 11 is 0. The molecular formula is C15H22N2O. The molecule has 1 fully saturated rings. The highest BCUT2D eigenvalue weighted by Gasteiger charge is 2.29. The zero-order valence-corrected chi connectivity index (χ0v) is 11.2. The Labute approximate surface area is 109 Å². The van der Waals surface area contributed by atoms with Crippen molar-refractivity contribution in [1.82, 2.24) is 10.2 Å². The average molecular weight is 246 g/mol. The van der Waals surface area contributed by atoms with Gasteiger partial charge in [-0.3, -0.25) is 9.69 Å². The minimum Gasteiger partial charge on any atom is -0.356 e. The molecule has 1 saturated heterocycles. The summed E-state index contributed by atoms with van der Waals surface area (Å²) in [6.45, 7) is 7.89. The van der Waals surface area contributed by atoms with Gasteiger partial charge >= 0.3 is 0 Å². The van der Waals surface area contributed by atoms with Crippen LogP contribution in [-0.2, 0) is 11.3 Å². The zero-order valence-electron chi connectivity index (χ0n) is 11.2. The molecule has 3 heteroatoms. The quantitative estimate of drug-likeness (QED) is 0.880. The van der Waals surface area contributed by atoms with Crippen LogP contribution in [0, 0.1) is 11.8 Å². The third-order valence-corrected chi connectivity index (χ3v) is 3.71. The summed E-state index contributed by atoms with van der Waals surface area (Å²) in [5.74, 6) is 1.31. The van der Waals surface area contributed by atoms with Crippen LogP contribution in [0.5, 0.6) is 0 Å². The first kappa shape index (κ1) is 13.1. The van der Waals surface area contributed by atoms with Crippen molar-refractivity contribution in [1.29, 1.82) is 0 Å². The Balaban J connectivity index is 1.84. The highest BCUT2D eigenvalue weighted by Crippen LogP contribution is 2.23. The lowest BCUT2D eigenvalue weighted by atomic mass is 9.98. The maximum Gasteiger partial charge on any atom is 0.216 e. The number of hydrogen-bond donors (Lipinski definition) is 1. The van der Waals surface area contributed by atoms with Crippen LogP contribution in [0.1, 0.15) is 19.4 Å². The Kier molecular flexibility index (Phi) is 4.37. The lowest BCUT2D eigenvalue weighted by Gasteiger charge is -2.16. The highest BCUT2D eigenvalue weighted by atomic mass is 16.1. The number of carbonyl (C=O) groups excluding carboxylic acids is 1. The van der Waals surface area contributed by atoms with Gasteiger partial charge < -0.3 is 5.32 Å². The van der Waals surface area contributed by atoms with Crippen molar-refractivity contribution >= 4 is 5.91 Å². The van der Waals surface area contributed by atoms with Crippen molar-refractivity contribution in [3.05, 3.63) is 35.9 Å². The smallest absolute Gasteiger partial charge is 0.216 e. The number of nitrogens with zero attached hydrogens (tertiary/aromatic N) is 1. The van der Waals surface area contributed by atoms with Crippen molar-refractivity contribution in [3.8, 4) is 0 Å². The fourth-order valence-corrected chi connectivity index (χ4v) is 2.65. The van der Waals surface area contributed by atoms with E-state index in [2.05, 4.69) is 47.5 Å². The first-order valence-electron chi connectivity index (χ1n) is 6.66. The molecule has 0 aromatic heterocycles. The summed E-state index contributed by atoms with van der Waals surface area (Å²) in [6.07, 6.45) is 0. The molecule has 1 aliphatic rings. The zero-order chi connectivity index (χ0) is 13.0. The van der Waals surface area contributed by atoms with Gasteiger partial charge in [0.05, 0.1) is 0 Å².